The Labute approximate surface area is 125 Å². The summed E-state index contributed by atoms with van der Waals surface area (Å²) in [6.45, 7) is 6.17. The van der Waals surface area contributed by atoms with E-state index in [4.69, 9.17) is 10.5 Å². The van der Waals surface area contributed by atoms with Gasteiger partial charge in [-0.1, -0.05) is 20.8 Å². The molecule has 0 aromatic heterocycles. The van der Waals surface area contributed by atoms with Crippen LogP contribution >= 0.6 is 0 Å². The summed E-state index contributed by atoms with van der Waals surface area (Å²) >= 11 is 0. The topological polar surface area (TPSA) is 112 Å². The number of carbonyl (C=O) groups excluding carboxylic acids is 1. The Morgan fingerprint density at radius 2 is 1.57 bits per heavy atom. The fourth-order valence-electron chi connectivity index (χ4n) is 2.98. The van der Waals surface area contributed by atoms with E-state index in [1.807, 2.05) is 0 Å². The van der Waals surface area contributed by atoms with Crippen LogP contribution < -0.4 is 0 Å². The molecule has 2 unspecified atom stereocenters. The summed E-state index contributed by atoms with van der Waals surface area (Å²) in [6.07, 6.45) is 1.39. The molecule has 1 saturated carbocycles. The van der Waals surface area contributed by atoms with Crippen molar-refractivity contribution in [2.24, 2.45) is 28.6 Å². The second-order valence-corrected chi connectivity index (χ2v) is 6.65. The summed E-state index contributed by atoms with van der Waals surface area (Å²) < 4.78 is 0. The quantitative estimate of drug-likeness (QED) is 0.772. The number of carbonyl (C=O) groups is 1. The van der Waals surface area contributed by atoms with Gasteiger partial charge in [-0.05, 0) is 24.2 Å². The van der Waals surface area contributed by atoms with Crippen LogP contribution in [0.25, 0.3) is 0 Å². The average molecular weight is 282 g/mol. The molecule has 0 saturated heterocycles. The number of rotatable bonds is 2. The number of hydrogen-bond acceptors (Lipinski definition) is 5. The summed E-state index contributed by atoms with van der Waals surface area (Å²) in [5, 5.41) is 36.8. The highest BCUT2D eigenvalue weighted by Crippen LogP contribution is 2.46. The molecule has 1 fully saturated rings. The van der Waals surface area contributed by atoms with E-state index in [0.29, 0.717) is 19.3 Å². The summed E-state index contributed by atoms with van der Waals surface area (Å²) in [6, 6.07) is 6.98. The zero-order valence-electron chi connectivity index (χ0n) is 12.6. The van der Waals surface area contributed by atoms with Crippen molar-refractivity contribution in [3.8, 4) is 24.3 Å². The van der Waals surface area contributed by atoms with Crippen molar-refractivity contribution in [3.05, 3.63) is 0 Å². The van der Waals surface area contributed by atoms with Crippen molar-refractivity contribution in [1.82, 2.24) is 0 Å². The van der Waals surface area contributed by atoms with Crippen LogP contribution in [0.4, 0.5) is 0 Å². The van der Waals surface area contributed by atoms with Crippen LogP contribution in [0.5, 0.6) is 0 Å². The van der Waals surface area contributed by atoms with E-state index in [2.05, 4.69) is 20.8 Å². The molecule has 21 heavy (non-hydrogen) atoms. The number of hydrogen-bond donors (Lipinski definition) is 0. The SMILES string of the molecule is CC(C)(C)C1CCC(C(C#N)(C#N)C(C#N)C#N)C(=O)C1. The normalized spacial score (nSPS) is 22.8. The number of nitrogens with zero attached hydrogens (tertiary/aromatic N) is 4. The molecule has 5 nitrogen and oxygen atoms in total. The standard InChI is InChI=1S/C16H18N4O/c1-15(2,3)11-4-5-13(14(21)6-11)16(9-19,10-20)12(7-17)8-18/h11-13H,4-6H2,1-3H3. The van der Waals surface area contributed by atoms with Crippen molar-refractivity contribution >= 4 is 5.78 Å². The minimum absolute atomic E-state index is 0.0214. The van der Waals surface area contributed by atoms with Crippen LogP contribution in [0, 0.1) is 73.9 Å². The molecule has 0 bridgehead atoms. The second-order valence-electron chi connectivity index (χ2n) is 6.65. The molecule has 0 aromatic carbocycles. The summed E-state index contributed by atoms with van der Waals surface area (Å²) in [5.74, 6) is -2.25. The van der Waals surface area contributed by atoms with Crippen molar-refractivity contribution < 1.29 is 4.79 Å². The van der Waals surface area contributed by atoms with E-state index in [1.54, 1.807) is 24.3 Å². The molecule has 2 atom stereocenters. The van der Waals surface area contributed by atoms with Crippen LogP contribution in [0.3, 0.4) is 0 Å². The van der Waals surface area contributed by atoms with Gasteiger partial charge >= 0.3 is 0 Å². The Morgan fingerprint density at radius 3 is 1.90 bits per heavy atom. The van der Waals surface area contributed by atoms with Crippen molar-refractivity contribution in [2.45, 2.75) is 40.0 Å². The molecule has 0 heterocycles. The van der Waals surface area contributed by atoms with Gasteiger partial charge in [-0.3, -0.25) is 4.79 Å². The average Bonchev–Trinajstić information content (AvgIpc) is 2.44. The second kappa shape index (κ2) is 5.95. The van der Waals surface area contributed by atoms with Gasteiger partial charge in [-0.25, -0.2) is 0 Å². The minimum atomic E-state index is -1.86. The van der Waals surface area contributed by atoms with E-state index in [-0.39, 0.29) is 17.1 Å². The molecule has 5 heteroatoms. The Morgan fingerprint density at radius 1 is 1.05 bits per heavy atom. The van der Waals surface area contributed by atoms with Gasteiger partial charge in [0, 0.05) is 6.42 Å². The van der Waals surface area contributed by atoms with E-state index >= 15 is 0 Å². The van der Waals surface area contributed by atoms with Crippen LogP contribution in [0.1, 0.15) is 40.0 Å². The highest BCUT2D eigenvalue weighted by atomic mass is 16.1. The maximum atomic E-state index is 12.4. The van der Waals surface area contributed by atoms with Crippen LogP contribution in [0.15, 0.2) is 0 Å². The van der Waals surface area contributed by atoms with Gasteiger partial charge in [0.1, 0.15) is 5.78 Å². The minimum Gasteiger partial charge on any atom is -0.299 e. The molecule has 1 aliphatic carbocycles. The fourth-order valence-corrected chi connectivity index (χ4v) is 2.98. The summed E-state index contributed by atoms with van der Waals surface area (Å²) in [4.78, 5) is 12.4. The van der Waals surface area contributed by atoms with Crippen LogP contribution in [-0.2, 0) is 4.79 Å². The summed E-state index contributed by atoms with van der Waals surface area (Å²) in [5.41, 5.74) is -1.88. The number of Topliss-reactive ketones (excluding diaryl/α,β-unsaturated/α-hetero) is 1. The third kappa shape index (κ3) is 2.89. The highest BCUT2D eigenvalue weighted by molar-refractivity contribution is 5.84. The van der Waals surface area contributed by atoms with Gasteiger partial charge in [0.2, 0.25) is 0 Å². The smallest absolute Gasteiger partial charge is 0.182 e. The first-order valence-electron chi connectivity index (χ1n) is 6.91. The zero-order valence-corrected chi connectivity index (χ0v) is 12.6. The molecule has 0 aromatic rings. The van der Waals surface area contributed by atoms with Crippen LogP contribution in [-0.4, -0.2) is 5.78 Å². The lowest BCUT2D eigenvalue weighted by molar-refractivity contribution is -0.130. The highest BCUT2D eigenvalue weighted by Gasteiger charge is 2.53. The van der Waals surface area contributed by atoms with Gasteiger partial charge in [-0.15, -0.1) is 0 Å². The Hall–Kier alpha value is -2.37. The first-order chi connectivity index (χ1) is 9.76. The maximum Gasteiger partial charge on any atom is 0.182 e. The molecule has 0 radical (unpaired) electrons. The van der Waals surface area contributed by atoms with E-state index in [0.717, 1.165) is 0 Å². The number of nitriles is 4. The molecule has 1 aliphatic rings. The van der Waals surface area contributed by atoms with Gasteiger partial charge in [0.15, 0.2) is 11.3 Å². The predicted molar refractivity (Wildman–Crippen MR) is 73.7 cm³/mol. The van der Waals surface area contributed by atoms with Gasteiger partial charge in [0.25, 0.3) is 0 Å². The first kappa shape index (κ1) is 16.7. The monoisotopic (exact) mass is 282 g/mol. The predicted octanol–water partition coefficient (Wildman–Crippen LogP) is 2.71. The lowest BCUT2D eigenvalue weighted by atomic mass is 9.60. The van der Waals surface area contributed by atoms with Crippen molar-refractivity contribution in [1.29, 1.82) is 21.0 Å². The molecule has 1 rings (SSSR count). The molecular weight excluding hydrogens is 264 g/mol. The summed E-state index contributed by atoms with van der Waals surface area (Å²) in [7, 11) is 0. The lowest BCUT2D eigenvalue weighted by Gasteiger charge is -2.39. The van der Waals surface area contributed by atoms with E-state index in [9.17, 15) is 15.3 Å². The van der Waals surface area contributed by atoms with Crippen molar-refractivity contribution in [3.63, 3.8) is 0 Å². The Balaban J connectivity index is 3.15. The lowest BCUT2D eigenvalue weighted by Crippen LogP contribution is -2.43. The number of ketones is 1. The van der Waals surface area contributed by atoms with Crippen molar-refractivity contribution in [2.75, 3.05) is 0 Å². The molecule has 0 aliphatic heterocycles. The van der Waals surface area contributed by atoms with E-state index in [1.165, 1.54) is 0 Å². The first-order valence-corrected chi connectivity index (χ1v) is 6.91. The van der Waals surface area contributed by atoms with Crippen LogP contribution in [0.2, 0.25) is 0 Å². The molecule has 0 spiro atoms. The molecule has 0 N–H and O–H groups in total. The third-order valence-electron chi connectivity index (χ3n) is 4.50. The Bertz CT molecular complexity index is 560. The molecule has 108 valence electrons. The fraction of sp³-hybridized carbons (Fsp3) is 0.688. The van der Waals surface area contributed by atoms with Gasteiger partial charge < -0.3 is 0 Å². The van der Waals surface area contributed by atoms with Gasteiger partial charge in [-0.2, -0.15) is 21.0 Å². The van der Waals surface area contributed by atoms with Gasteiger partial charge in [0.05, 0.1) is 30.2 Å². The third-order valence-corrected chi connectivity index (χ3v) is 4.50. The maximum absolute atomic E-state index is 12.4. The largest absolute Gasteiger partial charge is 0.299 e. The molecule has 0 amide bonds. The Kier molecular flexibility index (Phi) is 4.73. The zero-order chi connectivity index (χ0) is 16.3. The molecular formula is C16H18N4O. The van der Waals surface area contributed by atoms with E-state index < -0.39 is 17.3 Å².